The summed E-state index contributed by atoms with van der Waals surface area (Å²) in [5, 5.41) is 0. The molecule has 0 spiro atoms. The molecule has 24 heavy (non-hydrogen) atoms. The third kappa shape index (κ3) is 4.87. The maximum Gasteiger partial charge on any atom is 0.310 e. The molecule has 1 fully saturated rings. The van der Waals surface area contributed by atoms with Crippen LogP contribution >= 0.6 is 12.4 Å². The van der Waals surface area contributed by atoms with Crippen LogP contribution < -0.4 is 4.74 Å². The van der Waals surface area contributed by atoms with E-state index in [-0.39, 0.29) is 24.3 Å². The molecule has 5 heteroatoms. The zero-order valence-corrected chi connectivity index (χ0v) is 15.3. The smallest absolute Gasteiger partial charge is 0.310 e. The van der Waals surface area contributed by atoms with Gasteiger partial charge in [-0.1, -0.05) is 6.07 Å². The van der Waals surface area contributed by atoms with Gasteiger partial charge in [0, 0.05) is 13.1 Å². The van der Waals surface area contributed by atoms with Crippen LogP contribution in [0.5, 0.6) is 5.75 Å². The Balaban J connectivity index is 0.00000208. The van der Waals surface area contributed by atoms with Crippen molar-refractivity contribution in [1.29, 1.82) is 0 Å². The van der Waals surface area contributed by atoms with E-state index >= 15 is 0 Å². The molecule has 1 aliphatic heterocycles. The van der Waals surface area contributed by atoms with E-state index in [1.165, 1.54) is 30.4 Å². The lowest BCUT2D eigenvalue weighted by Gasteiger charge is -2.31. The quantitative estimate of drug-likeness (QED) is 0.736. The lowest BCUT2D eigenvalue weighted by molar-refractivity contribution is -0.150. The number of hydrogen-bond acceptors (Lipinski definition) is 4. The Morgan fingerprint density at radius 3 is 2.92 bits per heavy atom. The topological polar surface area (TPSA) is 38.8 Å². The van der Waals surface area contributed by atoms with Gasteiger partial charge in [-0.15, -0.1) is 12.4 Å². The number of carbonyl (C=O) groups is 1. The van der Waals surface area contributed by atoms with Gasteiger partial charge < -0.3 is 9.47 Å². The summed E-state index contributed by atoms with van der Waals surface area (Å²) in [5.41, 5.74) is 2.92. The maximum absolute atomic E-state index is 11.9. The number of piperidine rings is 1. The Bertz CT molecular complexity index is 549. The average molecular weight is 354 g/mol. The highest BCUT2D eigenvalue weighted by Gasteiger charge is 2.26. The summed E-state index contributed by atoms with van der Waals surface area (Å²) in [4.78, 5) is 14.2. The van der Waals surface area contributed by atoms with E-state index in [9.17, 15) is 4.79 Å². The summed E-state index contributed by atoms with van der Waals surface area (Å²) in [6, 6.07) is 6.48. The third-order valence-electron chi connectivity index (χ3n) is 4.87. The van der Waals surface area contributed by atoms with Gasteiger partial charge in [-0.3, -0.25) is 9.69 Å². The largest absolute Gasteiger partial charge is 0.492 e. The van der Waals surface area contributed by atoms with Crippen LogP contribution in [0, 0.1) is 5.92 Å². The van der Waals surface area contributed by atoms with Crippen LogP contribution in [0.1, 0.15) is 37.3 Å². The van der Waals surface area contributed by atoms with Gasteiger partial charge in [-0.05, 0) is 68.8 Å². The second-order valence-corrected chi connectivity index (χ2v) is 6.52. The lowest BCUT2D eigenvalue weighted by atomic mass is 9.98. The molecule has 1 heterocycles. The second-order valence-electron chi connectivity index (χ2n) is 6.52. The van der Waals surface area contributed by atoms with Crippen LogP contribution in [-0.2, 0) is 22.4 Å². The van der Waals surface area contributed by atoms with E-state index in [1.54, 1.807) is 0 Å². The monoisotopic (exact) mass is 353 g/mol. The molecule has 1 atom stereocenters. The molecule has 0 saturated carbocycles. The molecule has 1 unspecified atom stereocenters. The Labute approximate surface area is 150 Å². The van der Waals surface area contributed by atoms with Gasteiger partial charge in [-0.25, -0.2) is 0 Å². The fraction of sp³-hybridized carbons (Fsp3) is 0.632. The molecule has 3 rings (SSSR count). The number of ether oxygens (including phenoxy) is 2. The predicted molar refractivity (Wildman–Crippen MR) is 97.0 cm³/mol. The highest BCUT2D eigenvalue weighted by atomic mass is 35.5. The molecule has 2 aliphatic rings. The average Bonchev–Trinajstić information content (AvgIpc) is 3.03. The molecule has 1 aromatic carbocycles. The molecule has 4 nitrogen and oxygen atoms in total. The number of nitrogens with zero attached hydrogens (tertiary/aromatic N) is 1. The first kappa shape index (κ1) is 19.1. The van der Waals surface area contributed by atoms with Crippen molar-refractivity contribution in [2.24, 2.45) is 5.92 Å². The number of esters is 1. The van der Waals surface area contributed by atoms with Crippen LogP contribution in [0.3, 0.4) is 0 Å². The minimum absolute atomic E-state index is 0. The Morgan fingerprint density at radius 2 is 2.08 bits per heavy atom. The molecule has 0 amide bonds. The number of carbonyl (C=O) groups excluding carboxylic acids is 1. The fourth-order valence-electron chi connectivity index (χ4n) is 3.64. The summed E-state index contributed by atoms with van der Waals surface area (Å²) in [7, 11) is 0. The van der Waals surface area contributed by atoms with E-state index in [4.69, 9.17) is 9.47 Å². The molecule has 0 radical (unpaired) electrons. The molecule has 1 aromatic rings. The van der Waals surface area contributed by atoms with Gasteiger partial charge in [0.1, 0.15) is 12.4 Å². The summed E-state index contributed by atoms with van der Waals surface area (Å²) in [6.45, 7) is 5.72. The number of hydrogen-bond donors (Lipinski definition) is 0. The third-order valence-corrected chi connectivity index (χ3v) is 4.87. The SMILES string of the molecule is CCOC(=O)C1CCCN(CCOc2ccc3c(c2)CCC3)C1.Cl. The van der Waals surface area contributed by atoms with Crippen LogP contribution in [0.15, 0.2) is 18.2 Å². The summed E-state index contributed by atoms with van der Waals surface area (Å²) in [6.07, 6.45) is 5.66. The standard InChI is InChI=1S/C19H27NO3.ClH/c1-2-22-19(21)17-7-4-10-20(14-17)11-12-23-18-9-8-15-5-3-6-16(15)13-18;/h8-9,13,17H,2-7,10-12,14H2,1H3;1H. The van der Waals surface area contributed by atoms with E-state index in [2.05, 4.69) is 23.1 Å². The predicted octanol–water partition coefficient (Wildman–Crippen LogP) is 3.25. The number of benzene rings is 1. The molecule has 0 aromatic heterocycles. The first-order valence-electron chi connectivity index (χ1n) is 8.90. The van der Waals surface area contributed by atoms with Gasteiger partial charge in [0.05, 0.1) is 12.5 Å². The zero-order valence-electron chi connectivity index (χ0n) is 14.5. The highest BCUT2D eigenvalue weighted by Crippen LogP contribution is 2.26. The van der Waals surface area contributed by atoms with E-state index < -0.39 is 0 Å². The van der Waals surface area contributed by atoms with Crippen molar-refractivity contribution in [2.75, 3.05) is 32.8 Å². The van der Waals surface area contributed by atoms with Crippen molar-refractivity contribution >= 4 is 18.4 Å². The Hall–Kier alpha value is -1.26. The fourth-order valence-corrected chi connectivity index (χ4v) is 3.64. The summed E-state index contributed by atoms with van der Waals surface area (Å²) >= 11 is 0. The molecule has 134 valence electrons. The Morgan fingerprint density at radius 1 is 1.25 bits per heavy atom. The molecule has 0 bridgehead atoms. The van der Waals surface area contributed by atoms with Crippen LogP contribution in [0.2, 0.25) is 0 Å². The van der Waals surface area contributed by atoms with Gasteiger partial charge in [0.2, 0.25) is 0 Å². The van der Waals surface area contributed by atoms with Crippen molar-refractivity contribution in [3.63, 3.8) is 0 Å². The number of aryl methyl sites for hydroxylation is 2. The first-order valence-corrected chi connectivity index (χ1v) is 8.90. The van der Waals surface area contributed by atoms with Crippen molar-refractivity contribution < 1.29 is 14.3 Å². The number of halogens is 1. The maximum atomic E-state index is 11.9. The Kier molecular flexibility index (Phi) is 7.38. The number of likely N-dealkylation sites (tertiary alicyclic amines) is 1. The van der Waals surface area contributed by atoms with Gasteiger partial charge in [-0.2, -0.15) is 0 Å². The minimum atomic E-state index is -0.0447. The van der Waals surface area contributed by atoms with Crippen LogP contribution in [0.25, 0.3) is 0 Å². The normalized spacial score (nSPS) is 20.1. The lowest BCUT2D eigenvalue weighted by Crippen LogP contribution is -2.41. The van der Waals surface area contributed by atoms with Gasteiger partial charge in [0.25, 0.3) is 0 Å². The second kappa shape index (κ2) is 9.28. The summed E-state index contributed by atoms with van der Waals surface area (Å²) in [5.74, 6) is 0.963. The highest BCUT2D eigenvalue weighted by molar-refractivity contribution is 5.85. The summed E-state index contributed by atoms with van der Waals surface area (Å²) < 4.78 is 11.1. The van der Waals surface area contributed by atoms with Crippen molar-refractivity contribution in [2.45, 2.75) is 39.0 Å². The molecular formula is C19H28ClNO3. The van der Waals surface area contributed by atoms with E-state index in [0.29, 0.717) is 13.2 Å². The van der Waals surface area contributed by atoms with Crippen LogP contribution in [0.4, 0.5) is 0 Å². The van der Waals surface area contributed by atoms with Gasteiger partial charge in [0.15, 0.2) is 0 Å². The van der Waals surface area contributed by atoms with Crippen molar-refractivity contribution in [3.05, 3.63) is 29.3 Å². The first-order chi connectivity index (χ1) is 11.3. The molecular weight excluding hydrogens is 326 g/mol. The number of rotatable bonds is 6. The van der Waals surface area contributed by atoms with Crippen molar-refractivity contribution in [3.8, 4) is 5.75 Å². The minimum Gasteiger partial charge on any atom is -0.492 e. The van der Waals surface area contributed by atoms with Gasteiger partial charge >= 0.3 is 5.97 Å². The van der Waals surface area contributed by atoms with E-state index in [1.807, 2.05) is 6.92 Å². The number of fused-ring (bicyclic) bond motifs is 1. The van der Waals surface area contributed by atoms with E-state index in [0.717, 1.165) is 38.2 Å². The molecule has 1 aliphatic carbocycles. The van der Waals surface area contributed by atoms with Crippen LogP contribution in [-0.4, -0.2) is 43.7 Å². The molecule has 0 N–H and O–H groups in total. The van der Waals surface area contributed by atoms with Crippen molar-refractivity contribution in [1.82, 2.24) is 4.90 Å². The zero-order chi connectivity index (χ0) is 16.1. The molecule has 1 saturated heterocycles.